The van der Waals surface area contributed by atoms with Gasteiger partial charge in [0.15, 0.2) is 0 Å². The molecule has 1 fully saturated rings. The zero-order valence-corrected chi connectivity index (χ0v) is 17.1. The van der Waals surface area contributed by atoms with Crippen LogP contribution in [0.1, 0.15) is 5.56 Å². The van der Waals surface area contributed by atoms with Crippen molar-refractivity contribution < 1.29 is 23.9 Å². The first kappa shape index (κ1) is 21.2. The van der Waals surface area contributed by atoms with E-state index < -0.39 is 17.1 Å². The van der Waals surface area contributed by atoms with Crippen molar-refractivity contribution in [2.24, 2.45) is 0 Å². The molecule has 0 bridgehead atoms. The zero-order chi connectivity index (χ0) is 21.5. The Bertz CT molecular complexity index is 984. The first-order chi connectivity index (χ1) is 14.5. The summed E-state index contributed by atoms with van der Waals surface area (Å²) in [5.41, 5.74) is 1.29. The van der Waals surface area contributed by atoms with Crippen LogP contribution in [0.2, 0.25) is 0 Å². The van der Waals surface area contributed by atoms with Crippen LogP contribution in [0.15, 0.2) is 66.1 Å². The van der Waals surface area contributed by atoms with Gasteiger partial charge >= 0.3 is 0 Å². The average Bonchev–Trinajstić information content (AvgIpc) is 3.01. The standard InChI is InChI=1S/C22H20N2O5S/c1-3-12-29-18-8-4-15(5-9-18)13-19-21(26)24(22(27)30-19)14-20(25)23-16-6-10-17(28-2)11-7-16/h3-11,13H,1,12,14H2,2H3,(H,23,25)/b19-13+. The van der Waals surface area contributed by atoms with Crippen LogP contribution in [0.5, 0.6) is 11.5 Å². The molecular formula is C22H20N2O5S. The van der Waals surface area contributed by atoms with Crippen molar-refractivity contribution in [1.82, 2.24) is 4.90 Å². The van der Waals surface area contributed by atoms with Gasteiger partial charge in [0.1, 0.15) is 24.7 Å². The molecule has 8 heteroatoms. The maximum absolute atomic E-state index is 12.6. The molecule has 1 aliphatic rings. The maximum Gasteiger partial charge on any atom is 0.294 e. The number of carbonyl (C=O) groups excluding carboxylic acids is 3. The fourth-order valence-corrected chi connectivity index (χ4v) is 3.46. The molecule has 1 saturated heterocycles. The number of anilines is 1. The van der Waals surface area contributed by atoms with Crippen molar-refractivity contribution in [3.05, 3.63) is 71.7 Å². The van der Waals surface area contributed by atoms with Gasteiger partial charge in [0.05, 0.1) is 12.0 Å². The Morgan fingerprint density at radius 1 is 1.10 bits per heavy atom. The third-order valence-corrected chi connectivity index (χ3v) is 5.00. The molecule has 3 rings (SSSR count). The quantitative estimate of drug-likeness (QED) is 0.510. The largest absolute Gasteiger partial charge is 0.497 e. The number of benzene rings is 2. The summed E-state index contributed by atoms with van der Waals surface area (Å²) in [5.74, 6) is 0.369. The number of imide groups is 1. The highest BCUT2D eigenvalue weighted by atomic mass is 32.2. The molecule has 0 spiro atoms. The second-order valence-corrected chi connectivity index (χ2v) is 7.21. The number of hydrogen-bond donors (Lipinski definition) is 1. The zero-order valence-electron chi connectivity index (χ0n) is 16.3. The molecule has 0 saturated carbocycles. The van der Waals surface area contributed by atoms with Gasteiger partial charge in [-0.2, -0.15) is 0 Å². The van der Waals surface area contributed by atoms with Crippen LogP contribution in [0.4, 0.5) is 10.5 Å². The van der Waals surface area contributed by atoms with E-state index in [4.69, 9.17) is 9.47 Å². The molecule has 2 aromatic carbocycles. The second-order valence-electron chi connectivity index (χ2n) is 6.21. The number of rotatable bonds is 8. The number of nitrogens with zero attached hydrogens (tertiary/aromatic N) is 1. The molecular weight excluding hydrogens is 404 g/mol. The van der Waals surface area contributed by atoms with Crippen LogP contribution >= 0.6 is 11.8 Å². The van der Waals surface area contributed by atoms with Crippen molar-refractivity contribution in [2.75, 3.05) is 25.6 Å². The van der Waals surface area contributed by atoms with Crippen LogP contribution in [-0.4, -0.2) is 42.2 Å². The van der Waals surface area contributed by atoms with E-state index in [-0.39, 0.29) is 11.4 Å². The second kappa shape index (κ2) is 9.80. The molecule has 0 atom stereocenters. The minimum absolute atomic E-state index is 0.261. The van der Waals surface area contributed by atoms with Crippen molar-refractivity contribution in [3.63, 3.8) is 0 Å². The fraction of sp³-hybridized carbons (Fsp3) is 0.136. The number of amides is 3. The van der Waals surface area contributed by atoms with E-state index in [9.17, 15) is 14.4 Å². The fourth-order valence-electron chi connectivity index (χ4n) is 2.62. The van der Waals surface area contributed by atoms with Crippen molar-refractivity contribution in [3.8, 4) is 11.5 Å². The van der Waals surface area contributed by atoms with E-state index in [1.165, 1.54) is 0 Å². The molecule has 1 aliphatic heterocycles. The van der Waals surface area contributed by atoms with Crippen LogP contribution < -0.4 is 14.8 Å². The first-order valence-corrected chi connectivity index (χ1v) is 9.85. The van der Waals surface area contributed by atoms with Crippen LogP contribution in [0.3, 0.4) is 0 Å². The summed E-state index contributed by atoms with van der Waals surface area (Å²) < 4.78 is 10.5. The molecule has 154 valence electrons. The number of carbonyl (C=O) groups is 3. The normalized spacial score (nSPS) is 14.7. The summed E-state index contributed by atoms with van der Waals surface area (Å²) >= 11 is 0.805. The molecule has 7 nitrogen and oxygen atoms in total. The van der Waals surface area contributed by atoms with Gasteiger partial charge in [-0.25, -0.2) is 0 Å². The average molecular weight is 424 g/mol. The smallest absolute Gasteiger partial charge is 0.294 e. The van der Waals surface area contributed by atoms with Gasteiger partial charge in [-0.1, -0.05) is 24.8 Å². The highest BCUT2D eigenvalue weighted by Crippen LogP contribution is 2.32. The predicted octanol–water partition coefficient (Wildman–Crippen LogP) is 3.94. The minimum Gasteiger partial charge on any atom is -0.497 e. The van der Waals surface area contributed by atoms with Crippen LogP contribution in [0.25, 0.3) is 6.08 Å². The van der Waals surface area contributed by atoms with E-state index in [1.807, 2.05) is 0 Å². The Morgan fingerprint density at radius 3 is 2.40 bits per heavy atom. The van der Waals surface area contributed by atoms with Crippen molar-refractivity contribution in [2.45, 2.75) is 0 Å². The van der Waals surface area contributed by atoms with Gasteiger partial charge < -0.3 is 14.8 Å². The monoisotopic (exact) mass is 424 g/mol. The topological polar surface area (TPSA) is 84.9 Å². The molecule has 30 heavy (non-hydrogen) atoms. The van der Waals surface area contributed by atoms with E-state index in [1.54, 1.807) is 67.8 Å². The Morgan fingerprint density at radius 2 is 1.77 bits per heavy atom. The third kappa shape index (κ3) is 5.30. The summed E-state index contributed by atoms with van der Waals surface area (Å²) in [4.78, 5) is 38.3. The lowest BCUT2D eigenvalue weighted by molar-refractivity contribution is -0.127. The molecule has 1 heterocycles. The van der Waals surface area contributed by atoms with Gasteiger partial charge in [0.2, 0.25) is 5.91 Å². The molecule has 3 amide bonds. The lowest BCUT2D eigenvalue weighted by atomic mass is 10.2. The van der Waals surface area contributed by atoms with Crippen LogP contribution in [-0.2, 0) is 9.59 Å². The Labute approximate surface area is 178 Å². The summed E-state index contributed by atoms with van der Waals surface area (Å²) in [6.45, 7) is 3.63. The Kier molecular flexibility index (Phi) is 6.92. The number of nitrogens with one attached hydrogen (secondary N) is 1. The Balaban J connectivity index is 1.62. The third-order valence-electron chi connectivity index (χ3n) is 4.09. The minimum atomic E-state index is -0.498. The van der Waals surface area contributed by atoms with Gasteiger partial charge in [0, 0.05) is 5.69 Å². The van der Waals surface area contributed by atoms with Gasteiger partial charge in [0.25, 0.3) is 11.1 Å². The molecule has 0 aliphatic carbocycles. The van der Waals surface area contributed by atoms with Crippen molar-refractivity contribution in [1.29, 1.82) is 0 Å². The number of thioether (sulfide) groups is 1. The number of hydrogen-bond acceptors (Lipinski definition) is 6. The van der Waals surface area contributed by atoms with E-state index in [0.29, 0.717) is 23.8 Å². The van der Waals surface area contributed by atoms with Crippen molar-refractivity contribution >= 4 is 40.6 Å². The molecule has 0 unspecified atom stereocenters. The molecule has 0 radical (unpaired) electrons. The van der Waals surface area contributed by atoms with Crippen LogP contribution in [0, 0.1) is 0 Å². The van der Waals surface area contributed by atoms with E-state index in [0.717, 1.165) is 22.2 Å². The summed E-state index contributed by atoms with van der Waals surface area (Å²) in [6.07, 6.45) is 3.26. The predicted molar refractivity (Wildman–Crippen MR) is 116 cm³/mol. The lowest BCUT2D eigenvalue weighted by Crippen LogP contribution is -2.36. The summed E-state index contributed by atoms with van der Waals surface area (Å²) in [7, 11) is 1.55. The highest BCUT2D eigenvalue weighted by Gasteiger charge is 2.36. The number of ether oxygens (including phenoxy) is 2. The SMILES string of the molecule is C=CCOc1ccc(/C=C2/SC(=O)N(CC(=O)Nc3ccc(OC)cc3)C2=O)cc1. The van der Waals surface area contributed by atoms with Gasteiger partial charge in [-0.15, -0.1) is 0 Å². The summed E-state index contributed by atoms with van der Waals surface area (Å²) in [6, 6.07) is 13.8. The van der Waals surface area contributed by atoms with Gasteiger partial charge in [-0.05, 0) is 59.8 Å². The Hall–Kier alpha value is -3.52. The highest BCUT2D eigenvalue weighted by molar-refractivity contribution is 8.18. The first-order valence-electron chi connectivity index (χ1n) is 9.03. The maximum atomic E-state index is 12.6. The van der Waals surface area contributed by atoms with E-state index >= 15 is 0 Å². The molecule has 0 aromatic heterocycles. The van der Waals surface area contributed by atoms with E-state index in [2.05, 4.69) is 11.9 Å². The number of methoxy groups -OCH3 is 1. The summed E-state index contributed by atoms with van der Waals surface area (Å²) in [5, 5.41) is 2.17. The molecule has 1 N–H and O–H groups in total. The lowest BCUT2D eigenvalue weighted by Gasteiger charge is -2.12. The molecule has 2 aromatic rings. The van der Waals surface area contributed by atoms with Gasteiger partial charge in [-0.3, -0.25) is 19.3 Å².